The van der Waals surface area contributed by atoms with E-state index in [4.69, 9.17) is 5.11 Å². The molecule has 0 aliphatic rings. The largest absolute Gasteiger partial charge is 0.381 e. The molecular weight excluding hydrogens is 245 g/mol. The molecule has 0 unspecified atom stereocenters. The fraction of sp³-hybridized carbons (Fsp3) is 1.00. The van der Waals surface area contributed by atoms with Crippen LogP contribution in [0.3, 0.4) is 0 Å². The van der Waals surface area contributed by atoms with Crippen LogP contribution in [0.15, 0.2) is 0 Å². The molecule has 0 aliphatic carbocycles. The van der Waals surface area contributed by atoms with Crippen molar-refractivity contribution in [2.45, 2.75) is 0 Å². The fourth-order valence-corrected chi connectivity index (χ4v) is 1.39. The average molecular weight is 259 g/mol. The molecule has 0 aliphatic heterocycles. The first-order valence-electron chi connectivity index (χ1n) is 3.05. The summed E-state index contributed by atoms with van der Waals surface area (Å²) in [6.45, 7) is 1.69. The van der Waals surface area contributed by atoms with Gasteiger partial charge in [-0.2, -0.15) is 0 Å². The summed E-state index contributed by atoms with van der Waals surface area (Å²) in [4.78, 5) is 1.81. The van der Waals surface area contributed by atoms with Crippen molar-refractivity contribution in [2.24, 2.45) is 0 Å². The van der Waals surface area contributed by atoms with Gasteiger partial charge >= 0.3 is 0 Å². The number of nitrogens with one attached hydrogen (secondary N) is 1. The number of rotatable bonds is 5. The second kappa shape index (κ2) is 6.29. The van der Waals surface area contributed by atoms with Gasteiger partial charge in [-0.3, -0.25) is 4.90 Å². The lowest BCUT2D eigenvalue weighted by molar-refractivity contribution is 0.107. The van der Waals surface area contributed by atoms with E-state index in [1.807, 2.05) is 22.1 Å². The lowest BCUT2D eigenvalue weighted by Crippen LogP contribution is -2.34. The molecule has 10 heavy (non-hydrogen) atoms. The van der Waals surface area contributed by atoms with Gasteiger partial charge in [0, 0.05) is 22.9 Å². The Morgan fingerprint density at radius 2 is 2.20 bits per heavy atom. The minimum atomic E-state index is 0.100. The van der Waals surface area contributed by atoms with Crippen LogP contribution in [0.4, 0.5) is 0 Å². The Hall–Kier alpha value is 0.570. The van der Waals surface area contributed by atoms with Gasteiger partial charge in [0.1, 0.15) is 0 Å². The van der Waals surface area contributed by atoms with Crippen LogP contribution in [-0.2, 0) is 0 Å². The molecule has 0 radical (unpaired) electrons. The van der Waals surface area contributed by atoms with Crippen LogP contribution in [0.25, 0.3) is 0 Å². The van der Waals surface area contributed by atoms with E-state index in [1.165, 1.54) is 0 Å². The van der Waals surface area contributed by atoms with Gasteiger partial charge in [-0.15, -0.1) is 0 Å². The summed E-state index contributed by atoms with van der Waals surface area (Å²) in [5, 5.41) is 11.6. The van der Waals surface area contributed by atoms with Gasteiger partial charge in [0.2, 0.25) is 0 Å². The maximum absolute atomic E-state index is 8.63. The van der Waals surface area contributed by atoms with Crippen LogP contribution in [0.5, 0.6) is 0 Å². The topological polar surface area (TPSA) is 38.7 Å². The van der Waals surface area contributed by atoms with E-state index in [0.717, 1.165) is 13.3 Å². The molecule has 0 fully saturated rings. The van der Waals surface area contributed by atoms with Crippen molar-refractivity contribution in [3.63, 3.8) is 0 Å². The van der Waals surface area contributed by atoms with Crippen LogP contribution < -0.4 is 5.32 Å². The van der Waals surface area contributed by atoms with Crippen molar-refractivity contribution in [1.29, 1.82) is 0 Å². The maximum atomic E-state index is 8.63. The predicted octanol–water partition coefficient (Wildman–Crippen LogP) is -0.346. The highest BCUT2D eigenvalue weighted by atomic mass is 127. The summed E-state index contributed by atoms with van der Waals surface area (Å²) < 4.78 is 2.04. The predicted molar refractivity (Wildman–Crippen MR) is 49.5 cm³/mol. The van der Waals surface area contributed by atoms with E-state index in [-0.39, 0.29) is 6.73 Å². The average Bonchev–Trinajstić information content (AvgIpc) is 1.88. The van der Waals surface area contributed by atoms with Gasteiger partial charge < -0.3 is 10.4 Å². The molecule has 4 nitrogen and oxygen atoms in total. The quantitative estimate of drug-likeness (QED) is 0.402. The van der Waals surface area contributed by atoms with Gasteiger partial charge in [0.15, 0.2) is 0 Å². The van der Waals surface area contributed by atoms with Crippen LogP contribution in [-0.4, -0.2) is 47.3 Å². The fourth-order valence-electron chi connectivity index (χ4n) is 0.528. The molecule has 0 bridgehead atoms. The molecule has 0 aromatic carbocycles. The zero-order chi connectivity index (χ0) is 7.98. The van der Waals surface area contributed by atoms with Crippen LogP contribution >= 0.6 is 22.9 Å². The van der Waals surface area contributed by atoms with Crippen molar-refractivity contribution >= 4 is 22.9 Å². The molecule has 62 valence electrons. The van der Waals surface area contributed by atoms with Gasteiger partial charge in [-0.1, -0.05) is 0 Å². The van der Waals surface area contributed by atoms with E-state index in [2.05, 4.69) is 28.2 Å². The number of aliphatic hydroxyl groups excluding tert-OH is 1. The zero-order valence-corrected chi connectivity index (χ0v) is 8.50. The Kier molecular flexibility index (Phi) is 6.65. The summed E-state index contributed by atoms with van der Waals surface area (Å²) in [5.74, 6) is 0. The third-order valence-electron chi connectivity index (χ3n) is 0.966. The molecule has 0 rings (SSSR count). The lowest BCUT2D eigenvalue weighted by Gasteiger charge is -2.19. The number of aliphatic hydroxyl groups is 1. The van der Waals surface area contributed by atoms with Gasteiger partial charge in [-0.25, -0.2) is 3.11 Å². The molecule has 5 heteroatoms. The second-order valence-electron chi connectivity index (χ2n) is 2.11. The monoisotopic (exact) mass is 259 g/mol. The molecule has 0 amide bonds. The summed E-state index contributed by atoms with van der Waals surface area (Å²) >= 11 is 2.20. The first-order chi connectivity index (χ1) is 4.70. The third kappa shape index (κ3) is 5.36. The smallest absolute Gasteiger partial charge is 0.0964 e. The highest BCUT2D eigenvalue weighted by Crippen LogP contribution is 1.96. The number of nitrogens with zero attached hydrogens (tertiary/aromatic N) is 2. The van der Waals surface area contributed by atoms with E-state index in [9.17, 15) is 0 Å². The Labute approximate surface area is 75.7 Å². The van der Waals surface area contributed by atoms with Crippen molar-refractivity contribution < 1.29 is 5.11 Å². The second-order valence-corrected chi connectivity index (χ2v) is 3.48. The maximum Gasteiger partial charge on any atom is 0.0964 e. The standard InChI is InChI=1S/C5H14IN3O/c1-7-3-9(6)4-8(2)5-10/h7,10H,3-5H2,1-2H3. The molecule has 0 saturated carbocycles. The van der Waals surface area contributed by atoms with Gasteiger partial charge in [0.05, 0.1) is 20.1 Å². The molecule has 0 heterocycles. The first-order valence-corrected chi connectivity index (χ1v) is 4.02. The van der Waals surface area contributed by atoms with E-state index >= 15 is 0 Å². The number of halogens is 1. The van der Waals surface area contributed by atoms with Crippen molar-refractivity contribution in [2.75, 3.05) is 34.2 Å². The van der Waals surface area contributed by atoms with E-state index in [1.54, 1.807) is 0 Å². The van der Waals surface area contributed by atoms with Crippen molar-refractivity contribution in [1.82, 2.24) is 13.3 Å². The summed E-state index contributed by atoms with van der Waals surface area (Å²) in [7, 11) is 3.76. The Balaban J connectivity index is 3.27. The molecule has 0 saturated heterocycles. The van der Waals surface area contributed by atoms with Crippen LogP contribution in [0, 0.1) is 0 Å². The van der Waals surface area contributed by atoms with Crippen molar-refractivity contribution in [3.8, 4) is 0 Å². The lowest BCUT2D eigenvalue weighted by atomic mass is 10.8. The summed E-state index contributed by atoms with van der Waals surface area (Å²) in [5.41, 5.74) is 0. The van der Waals surface area contributed by atoms with E-state index < -0.39 is 0 Å². The van der Waals surface area contributed by atoms with Crippen LogP contribution in [0.1, 0.15) is 0 Å². The third-order valence-corrected chi connectivity index (χ3v) is 1.61. The minimum Gasteiger partial charge on any atom is -0.381 e. The summed E-state index contributed by atoms with van der Waals surface area (Å²) in [6, 6.07) is 0. The molecule has 2 N–H and O–H groups in total. The van der Waals surface area contributed by atoms with Gasteiger partial charge in [-0.05, 0) is 14.1 Å². The van der Waals surface area contributed by atoms with Crippen molar-refractivity contribution in [3.05, 3.63) is 0 Å². The van der Waals surface area contributed by atoms with E-state index in [0.29, 0.717) is 0 Å². The number of hydrogen-bond donors (Lipinski definition) is 2. The molecule has 0 spiro atoms. The van der Waals surface area contributed by atoms with Crippen LogP contribution in [0.2, 0.25) is 0 Å². The number of hydrogen-bond acceptors (Lipinski definition) is 4. The SMILES string of the molecule is CNCN(I)CN(C)CO. The molecule has 0 aromatic rings. The molecule has 0 atom stereocenters. The Morgan fingerprint density at radius 3 is 2.60 bits per heavy atom. The zero-order valence-electron chi connectivity index (χ0n) is 6.34. The van der Waals surface area contributed by atoms with Gasteiger partial charge in [0.25, 0.3) is 0 Å². The normalized spacial score (nSPS) is 11.4. The summed E-state index contributed by atoms with van der Waals surface area (Å²) in [6.07, 6.45) is 0. The highest BCUT2D eigenvalue weighted by Gasteiger charge is 2.00. The first kappa shape index (κ1) is 10.6. The Bertz CT molecular complexity index is 83.3. The molecule has 0 aromatic heterocycles. The Morgan fingerprint density at radius 1 is 1.60 bits per heavy atom. The minimum absolute atomic E-state index is 0.100. The molecular formula is C5H14IN3O. The highest BCUT2D eigenvalue weighted by molar-refractivity contribution is 14.1.